The van der Waals surface area contributed by atoms with Crippen LogP contribution in [-0.4, -0.2) is 33.6 Å². The summed E-state index contributed by atoms with van der Waals surface area (Å²) in [4.78, 5) is 19.3. The van der Waals surface area contributed by atoms with Crippen LogP contribution in [0.1, 0.15) is 41.1 Å². The van der Waals surface area contributed by atoms with Gasteiger partial charge in [-0.05, 0) is 19.3 Å². The molecule has 0 spiro atoms. The second kappa shape index (κ2) is 4.53. The summed E-state index contributed by atoms with van der Waals surface area (Å²) in [7, 11) is 0. The molecule has 0 amide bonds. The second-order valence-electron chi connectivity index (χ2n) is 4.83. The summed E-state index contributed by atoms with van der Waals surface area (Å²) in [5, 5.41) is 15.7. The molecule has 96 valence electrons. The third-order valence-electron chi connectivity index (χ3n) is 3.57. The van der Waals surface area contributed by atoms with Crippen molar-refractivity contribution in [3.05, 3.63) is 17.1 Å². The summed E-state index contributed by atoms with van der Waals surface area (Å²) in [6.07, 6.45) is 4.26. The van der Waals surface area contributed by atoms with E-state index in [0.717, 1.165) is 37.1 Å². The number of carbonyl (C=O) groups is 1. The minimum absolute atomic E-state index is 0.0996. The van der Waals surface area contributed by atoms with Crippen LogP contribution in [0.25, 0.3) is 0 Å². The number of carboxylic acids is 1. The minimum atomic E-state index is -1.06. The summed E-state index contributed by atoms with van der Waals surface area (Å²) in [6.45, 7) is 1.55. The van der Waals surface area contributed by atoms with Gasteiger partial charge in [-0.1, -0.05) is 0 Å². The average Bonchev–Trinajstić information content (AvgIpc) is 2.33. The lowest BCUT2D eigenvalue weighted by atomic mass is 9.93. The van der Waals surface area contributed by atoms with Crippen LogP contribution in [0.3, 0.4) is 0 Å². The standard InChI is InChI=1S/C12H16N4O2/c17-12(18)11-15-9-4-5-13-6-8(9)10(16-11)14-7-2-1-3-7/h7,13H,1-6H2,(H,17,18)(H,14,15,16). The van der Waals surface area contributed by atoms with E-state index in [-0.39, 0.29) is 5.82 Å². The number of carboxylic acid groups (broad SMARTS) is 1. The van der Waals surface area contributed by atoms with E-state index in [9.17, 15) is 4.79 Å². The monoisotopic (exact) mass is 248 g/mol. The van der Waals surface area contributed by atoms with Gasteiger partial charge in [0.25, 0.3) is 0 Å². The molecule has 1 aromatic heterocycles. The van der Waals surface area contributed by atoms with Crippen molar-refractivity contribution in [2.45, 2.75) is 38.3 Å². The lowest BCUT2D eigenvalue weighted by molar-refractivity contribution is 0.0683. The molecule has 2 aliphatic rings. The molecule has 0 bridgehead atoms. The fourth-order valence-corrected chi connectivity index (χ4v) is 2.30. The minimum Gasteiger partial charge on any atom is -0.475 e. The van der Waals surface area contributed by atoms with Gasteiger partial charge in [0.2, 0.25) is 5.82 Å². The number of aromatic nitrogens is 2. The van der Waals surface area contributed by atoms with Crippen molar-refractivity contribution in [1.82, 2.24) is 15.3 Å². The van der Waals surface area contributed by atoms with Gasteiger partial charge in [0, 0.05) is 31.1 Å². The molecule has 2 heterocycles. The lowest BCUT2D eigenvalue weighted by Crippen LogP contribution is -2.32. The van der Waals surface area contributed by atoms with Crippen molar-refractivity contribution in [3.8, 4) is 0 Å². The van der Waals surface area contributed by atoms with Gasteiger partial charge in [-0.2, -0.15) is 0 Å². The molecule has 0 aromatic carbocycles. The van der Waals surface area contributed by atoms with Crippen molar-refractivity contribution in [2.75, 3.05) is 11.9 Å². The molecule has 0 atom stereocenters. The summed E-state index contributed by atoms with van der Waals surface area (Å²) in [6, 6.07) is 0.438. The molecule has 1 aliphatic carbocycles. The largest absolute Gasteiger partial charge is 0.475 e. The highest BCUT2D eigenvalue weighted by atomic mass is 16.4. The maximum atomic E-state index is 11.0. The van der Waals surface area contributed by atoms with E-state index < -0.39 is 5.97 Å². The zero-order valence-corrected chi connectivity index (χ0v) is 10.1. The number of fused-ring (bicyclic) bond motifs is 1. The summed E-state index contributed by atoms with van der Waals surface area (Å²) >= 11 is 0. The van der Waals surface area contributed by atoms with Crippen LogP contribution in [0.4, 0.5) is 5.82 Å². The van der Waals surface area contributed by atoms with Gasteiger partial charge in [-0.25, -0.2) is 14.8 Å². The normalized spacial score (nSPS) is 18.9. The molecule has 6 heteroatoms. The molecule has 3 rings (SSSR count). The quantitative estimate of drug-likeness (QED) is 0.733. The smallest absolute Gasteiger partial charge is 0.374 e. The molecule has 0 radical (unpaired) electrons. The molecular formula is C12H16N4O2. The number of nitrogens with zero attached hydrogens (tertiary/aromatic N) is 2. The number of anilines is 1. The van der Waals surface area contributed by atoms with Gasteiger partial charge in [0.15, 0.2) is 0 Å². The predicted octanol–water partition coefficient (Wildman–Crippen LogP) is 0.785. The number of rotatable bonds is 3. The molecule has 0 saturated heterocycles. The van der Waals surface area contributed by atoms with Crippen LogP contribution >= 0.6 is 0 Å². The van der Waals surface area contributed by atoms with Crippen molar-refractivity contribution in [3.63, 3.8) is 0 Å². The van der Waals surface area contributed by atoms with Crippen LogP contribution in [0.15, 0.2) is 0 Å². The second-order valence-corrected chi connectivity index (χ2v) is 4.83. The van der Waals surface area contributed by atoms with Crippen molar-refractivity contribution >= 4 is 11.8 Å². The van der Waals surface area contributed by atoms with E-state index in [1.165, 1.54) is 6.42 Å². The number of hydrogen-bond donors (Lipinski definition) is 3. The first-order valence-electron chi connectivity index (χ1n) is 6.34. The number of hydrogen-bond acceptors (Lipinski definition) is 5. The van der Waals surface area contributed by atoms with Crippen LogP contribution in [0.2, 0.25) is 0 Å². The zero-order chi connectivity index (χ0) is 12.5. The van der Waals surface area contributed by atoms with Crippen molar-refractivity contribution in [2.24, 2.45) is 0 Å². The third kappa shape index (κ3) is 2.03. The molecule has 18 heavy (non-hydrogen) atoms. The lowest BCUT2D eigenvalue weighted by Gasteiger charge is -2.29. The highest BCUT2D eigenvalue weighted by molar-refractivity contribution is 5.83. The van der Waals surface area contributed by atoms with Gasteiger partial charge in [0.05, 0.1) is 5.69 Å². The number of nitrogens with one attached hydrogen (secondary N) is 2. The third-order valence-corrected chi connectivity index (χ3v) is 3.57. The molecule has 6 nitrogen and oxygen atoms in total. The predicted molar refractivity (Wildman–Crippen MR) is 65.7 cm³/mol. The molecule has 1 aromatic rings. The van der Waals surface area contributed by atoms with Gasteiger partial charge in [-0.15, -0.1) is 0 Å². The zero-order valence-electron chi connectivity index (χ0n) is 10.1. The fourth-order valence-electron chi connectivity index (χ4n) is 2.30. The Bertz CT molecular complexity index is 485. The van der Waals surface area contributed by atoms with E-state index in [2.05, 4.69) is 20.6 Å². The van der Waals surface area contributed by atoms with E-state index in [0.29, 0.717) is 18.4 Å². The summed E-state index contributed by atoms with van der Waals surface area (Å²) in [5.41, 5.74) is 1.89. The highest BCUT2D eigenvalue weighted by Gasteiger charge is 2.24. The van der Waals surface area contributed by atoms with E-state index >= 15 is 0 Å². The SMILES string of the molecule is O=C(O)c1nc2c(c(NC3CCC3)n1)CNCC2. The highest BCUT2D eigenvalue weighted by Crippen LogP contribution is 2.26. The maximum absolute atomic E-state index is 11.0. The Kier molecular flexibility index (Phi) is 2.87. The molecule has 1 fully saturated rings. The topological polar surface area (TPSA) is 87.1 Å². The summed E-state index contributed by atoms with van der Waals surface area (Å²) in [5.74, 6) is -0.459. The van der Waals surface area contributed by atoms with Crippen LogP contribution in [0.5, 0.6) is 0 Å². The molecular weight excluding hydrogens is 232 g/mol. The van der Waals surface area contributed by atoms with Gasteiger partial charge in [-0.3, -0.25) is 0 Å². The summed E-state index contributed by atoms with van der Waals surface area (Å²) < 4.78 is 0. The molecule has 1 aliphatic heterocycles. The first-order valence-corrected chi connectivity index (χ1v) is 6.34. The van der Waals surface area contributed by atoms with Crippen LogP contribution < -0.4 is 10.6 Å². The van der Waals surface area contributed by atoms with Gasteiger partial charge < -0.3 is 15.7 Å². The van der Waals surface area contributed by atoms with E-state index in [4.69, 9.17) is 5.11 Å². The number of aromatic carboxylic acids is 1. The van der Waals surface area contributed by atoms with E-state index in [1.807, 2.05) is 0 Å². The van der Waals surface area contributed by atoms with E-state index in [1.54, 1.807) is 0 Å². The Hall–Kier alpha value is -1.69. The maximum Gasteiger partial charge on any atom is 0.374 e. The van der Waals surface area contributed by atoms with Gasteiger partial charge >= 0.3 is 5.97 Å². The van der Waals surface area contributed by atoms with Crippen molar-refractivity contribution < 1.29 is 9.90 Å². The Morgan fingerprint density at radius 1 is 1.39 bits per heavy atom. The van der Waals surface area contributed by atoms with Gasteiger partial charge in [0.1, 0.15) is 5.82 Å². The Labute approximate surface area is 105 Å². The van der Waals surface area contributed by atoms with Crippen molar-refractivity contribution in [1.29, 1.82) is 0 Å². The van der Waals surface area contributed by atoms with Crippen LogP contribution in [0, 0.1) is 0 Å². The molecule has 0 unspecified atom stereocenters. The first-order chi connectivity index (χ1) is 8.74. The fraction of sp³-hybridized carbons (Fsp3) is 0.583. The Morgan fingerprint density at radius 3 is 2.89 bits per heavy atom. The van der Waals surface area contributed by atoms with Crippen LogP contribution in [-0.2, 0) is 13.0 Å². The average molecular weight is 248 g/mol. The molecule has 3 N–H and O–H groups in total. The Morgan fingerprint density at radius 2 is 2.22 bits per heavy atom. The first kappa shape index (κ1) is 11.4. The molecule has 1 saturated carbocycles. The Balaban J connectivity index is 1.97.